The van der Waals surface area contributed by atoms with Crippen molar-refractivity contribution < 1.29 is 31.9 Å². The number of sulfonamides is 1. The van der Waals surface area contributed by atoms with Crippen molar-refractivity contribution in [3.8, 4) is 0 Å². The van der Waals surface area contributed by atoms with E-state index in [1.807, 2.05) is 0 Å². The van der Waals surface area contributed by atoms with E-state index >= 15 is 0 Å². The Morgan fingerprint density at radius 1 is 1.13 bits per heavy atom. The largest absolute Gasteiger partial charge is 0.468 e. The number of nitrogens with zero attached hydrogens (tertiary/aromatic N) is 1. The maximum absolute atomic E-state index is 12.9. The molecule has 1 saturated heterocycles. The lowest BCUT2D eigenvalue weighted by Gasteiger charge is -2.19. The van der Waals surface area contributed by atoms with Crippen molar-refractivity contribution in [3.63, 3.8) is 0 Å². The Balaban J connectivity index is 1.72. The zero-order valence-electron chi connectivity index (χ0n) is 17.2. The van der Waals surface area contributed by atoms with Gasteiger partial charge in [0.1, 0.15) is 23.8 Å². The lowest BCUT2D eigenvalue weighted by Crippen LogP contribution is -2.44. The summed E-state index contributed by atoms with van der Waals surface area (Å²) in [7, 11) is -2.77. The number of rotatable bonds is 6. The molecule has 1 N–H and O–H groups in total. The number of benzene rings is 2. The maximum Gasteiger partial charge on any atom is 0.414 e. The second kappa shape index (κ2) is 7.86. The topological polar surface area (TPSA) is 115 Å². The molecule has 1 aliphatic heterocycles. The van der Waals surface area contributed by atoms with E-state index in [-0.39, 0.29) is 10.8 Å². The molecule has 0 bridgehead atoms. The molecule has 9 nitrogen and oxygen atoms in total. The standard InChI is InChI=1S/C21H22N2O7S/c1-12(2)19(20(24)28-3)22-31(26,27)14-5-7-17-16(11-14)15-6-4-13(10-18(15)30-17)23-8-9-29-21(23)25/h4-7,10-12,19,22H,8-9H2,1-3H3/t19-/m1/s1. The molecular weight excluding hydrogens is 424 g/mol. The second-order valence-corrected chi connectivity index (χ2v) is 9.29. The van der Waals surface area contributed by atoms with E-state index in [0.29, 0.717) is 40.8 Å². The van der Waals surface area contributed by atoms with Gasteiger partial charge in [-0.25, -0.2) is 13.2 Å². The van der Waals surface area contributed by atoms with Crippen molar-refractivity contribution in [2.24, 2.45) is 5.92 Å². The molecule has 4 rings (SSSR count). The molecule has 10 heteroatoms. The first-order valence-corrected chi connectivity index (χ1v) is 11.2. The van der Waals surface area contributed by atoms with E-state index in [2.05, 4.69) is 4.72 Å². The molecule has 1 amide bonds. The third-order valence-corrected chi connectivity index (χ3v) is 6.65. The van der Waals surface area contributed by atoms with Crippen LogP contribution in [0.4, 0.5) is 10.5 Å². The Bertz CT molecular complexity index is 1280. The lowest BCUT2D eigenvalue weighted by atomic mass is 10.1. The minimum Gasteiger partial charge on any atom is -0.468 e. The Kier molecular flexibility index (Phi) is 5.36. The highest BCUT2D eigenvalue weighted by Crippen LogP contribution is 2.33. The van der Waals surface area contributed by atoms with Crippen molar-refractivity contribution in [3.05, 3.63) is 36.4 Å². The summed E-state index contributed by atoms with van der Waals surface area (Å²) < 4.78 is 43.8. The minimum absolute atomic E-state index is 0.00412. The predicted molar refractivity (Wildman–Crippen MR) is 113 cm³/mol. The van der Waals surface area contributed by atoms with Crippen LogP contribution in [0.15, 0.2) is 45.7 Å². The quantitative estimate of drug-likeness (QED) is 0.579. The van der Waals surface area contributed by atoms with Gasteiger partial charge in [-0.15, -0.1) is 0 Å². The van der Waals surface area contributed by atoms with Gasteiger partial charge in [-0.2, -0.15) is 4.72 Å². The Hall–Kier alpha value is -3.11. The summed E-state index contributed by atoms with van der Waals surface area (Å²) in [4.78, 5) is 25.3. The van der Waals surface area contributed by atoms with Crippen molar-refractivity contribution in [2.75, 3.05) is 25.2 Å². The van der Waals surface area contributed by atoms with Crippen molar-refractivity contribution in [1.82, 2.24) is 4.72 Å². The van der Waals surface area contributed by atoms with E-state index in [0.717, 1.165) is 0 Å². The number of methoxy groups -OCH3 is 1. The SMILES string of the molecule is COC(=O)[C@H](NS(=O)(=O)c1ccc2oc3cc(N4CCOC4=O)ccc3c2c1)C(C)C. The number of nitrogens with one attached hydrogen (secondary N) is 1. The van der Waals surface area contributed by atoms with E-state index < -0.39 is 28.1 Å². The highest BCUT2D eigenvalue weighted by molar-refractivity contribution is 7.89. The summed E-state index contributed by atoms with van der Waals surface area (Å²) in [6.45, 7) is 4.24. The number of carbonyl (C=O) groups is 2. The van der Waals surface area contributed by atoms with Crippen LogP contribution in [0.25, 0.3) is 21.9 Å². The molecule has 2 heterocycles. The van der Waals surface area contributed by atoms with Gasteiger partial charge in [-0.05, 0) is 36.2 Å². The van der Waals surface area contributed by atoms with Gasteiger partial charge in [0.2, 0.25) is 10.0 Å². The van der Waals surface area contributed by atoms with Crippen molar-refractivity contribution >= 4 is 49.7 Å². The maximum atomic E-state index is 12.9. The fourth-order valence-electron chi connectivity index (χ4n) is 3.53. The molecule has 3 aromatic rings. The number of cyclic esters (lactones) is 1. The summed E-state index contributed by atoms with van der Waals surface area (Å²) in [5, 5.41) is 1.31. The lowest BCUT2D eigenvalue weighted by molar-refractivity contribution is -0.143. The molecule has 1 atom stereocenters. The molecule has 164 valence electrons. The van der Waals surface area contributed by atoms with Crippen LogP contribution in [0, 0.1) is 5.92 Å². The number of carbonyl (C=O) groups excluding carboxylic acids is 2. The zero-order valence-corrected chi connectivity index (χ0v) is 18.1. The Morgan fingerprint density at radius 2 is 1.90 bits per heavy atom. The summed E-state index contributed by atoms with van der Waals surface area (Å²) >= 11 is 0. The van der Waals surface area contributed by atoms with Gasteiger partial charge in [0.25, 0.3) is 0 Å². The number of amides is 1. The van der Waals surface area contributed by atoms with Crippen LogP contribution >= 0.6 is 0 Å². The van der Waals surface area contributed by atoms with Crippen LogP contribution in [0.2, 0.25) is 0 Å². The van der Waals surface area contributed by atoms with E-state index in [4.69, 9.17) is 13.9 Å². The number of ether oxygens (including phenoxy) is 2. The van der Waals surface area contributed by atoms with Gasteiger partial charge < -0.3 is 13.9 Å². The molecule has 31 heavy (non-hydrogen) atoms. The second-order valence-electron chi connectivity index (χ2n) is 7.57. The number of fused-ring (bicyclic) bond motifs is 3. The summed E-state index contributed by atoms with van der Waals surface area (Å²) in [5.41, 5.74) is 1.66. The molecule has 0 saturated carbocycles. The monoisotopic (exact) mass is 446 g/mol. The highest BCUT2D eigenvalue weighted by atomic mass is 32.2. The first-order valence-electron chi connectivity index (χ1n) is 9.72. The van der Waals surface area contributed by atoms with Crippen LogP contribution in [0.3, 0.4) is 0 Å². The molecule has 0 radical (unpaired) electrons. The van der Waals surface area contributed by atoms with Crippen molar-refractivity contribution in [2.45, 2.75) is 24.8 Å². The Morgan fingerprint density at radius 3 is 2.55 bits per heavy atom. The predicted octanol–water partition coefficient (Wildman–Crippen LogP) is 3.02. The Labute approximate surface area is 178 Å². The van der Waals surface area contributed by atoms with Gasteiger partial charge in [0.15, 0.2) is 0 Å². The van der Waals surface area contributed by atoms with Gasteiger partial charge in [-0.1, -0.05) is 13.8 Å². The normalized spacial score (nSPS) is 15.6. The average molecular weight is 446 g/mol. The number of esters is 1. The molecule has 0 aliphatic carbocycles. The molecule has 1 aromatic heterocycles. The first kappa shape index (κ1) is 21.1. The average Bonchev–Trinajstić information content (AvgIpc) is 3.33. The minimum atomic E-state index is -3.99. The van der Waals surface area contributed by atoms with Gasteiger partial charge in [0, 0.05) is 16.8 Å². The fourth-order valence-corrected chi connectivity index (χ4v) is 4.89. The van der Waals surface area contributed by atoms with Crippen LogP contribution in [-0.4, -0.2) is 46.8 Å². The smallest absolute Gasteiger partial charge is 0.414 e. The van der Waals surface area contributed by atoms with Crippen molar-refractivity contribution in [1.29, 1.82) is 0 Å². The summed E-state index contributed by atoms with van der Waals surface area (Å²) in [5.74, 6) is -0.946. The highest BCUT2D eigenvalue weighted by Gasteiger charge is 2.29. The third kappa shape index (κ3) is 3.84. The zero-order chi connectivity index (χ0) is 22.3. The first-order chi connectivity index (χ1) is 14.7. The number of anilines is 1. The molecule has 2 aromatic carbocycles. The van der Waals surface area contributed by atoms with Gasteiger partial charge in [0.05, 0.1) is 24.2 Å². The molecule has 0 spiro atoms. The van der Waals surface area contributed by atoms with Crippen LogP contribution in [-0.2, 0) is 24.3 Å². The molecule has 0 unspecified atom stereocenters. The van der Waals surface area contributed by atoms with E-state index in [1.54, 1.807) is 38.1 Å². The van der Waals surface area contributed by atoms with Gasteiger partial charge in [-0.3, -0.25) is 9.69 Å². The molecule has 1 aliphatic rings. The van der Waals surface area contributed by atoms with Crippen LogP contribution < -0.4 is 9.62 Å². The summed E-state index contributed by atoms with van der Waals surface area (Å²) in [6.07, 6.45) is -0.416. The van der Waals surface area contributed by atoms with E-state index in [1.165, 1.54) is 24.1 Å². The summed E-state index contributed by atoms with van der Waals surface area (Å²) in [6, 6.07) is 8.74. The number of hydrogen-bond acceptors (Lipinski definition) is 7. The number of hydrogen-bond donors (Lipinski definition) is 1. The van der Waals surface area contributed by atoms with Gasteiger partial charge >= 0.3 is 12.1 Å². The molecular formula is C21H22N2O7S. The fraction of sp³-hybridized carbons (Fsp3) is 0.333. The van der Waals surface area contributed by atoms with Crippen LogP contribution in [0.5, 0.6) is 0 Å². The number of furan rings is 1. The van der Waals surface area contributed by atoms with Crippen LogP contribution in [0.1, 0.15) is 13.8 Å². The molecule has 1 fully saturated rings. The van der Waals surface area contributed by atoms with E-state index in [9.17, 15) is 18.0 Å². The third-order valence-electron chi connectivity index (χ3n) is 5.21.